The maximum Gasteiger partial charge on any atom is 0.190 e. The van der Waals surface area contributed by atoms with E-state index in [1.165, 1.54) is 6.08 Å². The minimum Gasteiger partial charge on any atom is -0.511 e. The molecule has 28 heavy (non-hydrogen) atoms. The molecular formula is C22H29FO5. The smallest absolute Gasteiger partial charge is 0.190 e. The van der Waals surface area contributed by atoms with Gasteiger partial charge in [-0.2, -0.15) is 0 Å². The van der Waals surface area contributed by atoms with E-state index in [9.17, 15) is 24.9 Å². The van der Waals surface area contributed by atoms with E-state index in [0.717, 1.165) is 6.08 Å². The van der Waals surface area contributed by atoms with Crippen molar-refractivity contribution in [3.05, 3.63) is 23.5 Å². The minimum absolute atomic E-state index is 0.0817. The third-order valence-electron chi connectivity index (χ3n) is 8.97. The maximum atomic E-state index is 16.8. The van der Waals surface area contributed by atoms with Crippen LogP contribution in [-0.4, -0.2) is 44.8 Å². The van der Waals surface area contributed by atoms with Crippen molar-refractivity contribution in [2.24, 2.45) is 28.6 Å². The number of aliphatic hydroxyl groups is 3. The number of Topliss-reactive ketones (excluding diaryl/α,β-unsaturated/α-hetero) is 1. The van der Waals surface area contributed by atoms with Crippen LogP contribution in [0.25, 0.3) is 0 Å². The van der Waals surface area contributed by atoms with Crippen LogP contribution in [0.5, 0.6) is 0 Å². The summed E-state index contributed by atoms with van der Waals surface area (Å²) in [7, 11) is 0. The van der Waals surface area contributed by atoms with Crippen molar-refractivity contribution in [2.45, 2.75) is 64.1 Å². The highest BCUT2D eigenvalue weighted by Crippen LogP contribution is 2.71. The van der Waals surface area contributed by atoms with Gasteiger partial charge in [0.2, 0.25) is 0 Å². The summed E-state index contributed by atoms with van der Waals surface area (Å²) >= 11 is 0. The number of halogens is 1. The van der Waals surface area contributed by atoms with E-state index >= 15 is 4.39 Å². The van der Waals surface area contributed by atoms with Crippen molar-refractivity contribution in [1.29, 1.82) is 0 Å². The second-order valence-corrected chi connectivity index (χ2v) is 9.74. The molecule has 7 atom stereocenters. The number of hydrogen-bond acceptors (Lipinski definition) is 5. The molecule has 1 unspecified atom stereocenters. The summed E-state index contributed by atoms with van der Waals surface area (Å²) < 4.78 is 16.8. The second-order valence-electron chi connectivity index (χ2n) is 9.74. The average molecular weight is 392 g/mol. The SMILES string of the molecule is CC1C[C@H]2[C@@H]3CCC4=CC(=O)C=C(O)[C@]4(C)[C@@]3(F)CC[C@]2(C)[C@@]1(O)C(=O)CO. The summed E-state index contributed by atoms with van der Waals surface area (Å²) in [6.07, 6.45) is 4.43. The topological polar surface area (TPSA) is 94.8 Å². The zero-order valence-electron chi connectivity index (χ0n) is 16.7. The van der Waals surface area contributed by atoms with Gasteiger partial charge >= 0.3 is 0 Å². The Morgan fingerprint density at radius 3 is 2.57 bits per heavy atom. The molecule has 0 aliphatic heterocycles. The van der Waals surface area contributed by atoms with Gasteiger partial charge in [-0.05, 0) is 68.4 Å². The van der Waals surface area contributed by atoms with E-state index in [1.807, 2.05) is 6.92 Å². The van der Waals surface area contributed by atoms with Gasteiger partial charge in [0.05, 0.1) is 5.41 Å². The predicted octanol–water partition coefficient (Wildman–Crippen LogP) is 2.81. The first-order valence-electron chi connectivity index (χ1n) is 10.2. The van der Waals surface area contributed by atoms with Crippen molar-refractivity contribution >= 4 is 11.6 Å². The number of aliphatic hydroxyl groups excluding tert-OH is 2. The van der Waals surface area contributed by atoms with Crippen LogP contribution in [0, 0.1) is 28.6 Å². The number of fused-ring (bicyclic) bond motifs is 5. The van der Waals surface area contributed by atoms with Gasteiger partial charge in [0.1, 0.15) is 23.6 Å². The van der Waals surface area contributed by atoms with Crippen molar-refractivity contribution in [2.75, 3.05) is 6.61 Å². The molecule has 3 fully saturated rings. The first kappa shape index (κ1) is 19.8. The van der Waals surface area contributed by atoms with E-state index in [1.54, 1.807) is 13.8 Å². The van der Waals surface area contributed by atoms with Crippen LogP contribution in [0.3, 0.4) is 0 Å². The fourth-order valence-corrected chi connectivity index (χ4v) is 7.27. The molecule has 0 aromatic carbocycles. The maximum absolute atomic E-state index is 16.8. The number of carbonyl (C=O) groups excluding carboxylic acids is 2. The van der Waals surface area contributed by atoms with Crippen LogP contribution in [0.15, 0.2) is 23.5 Å². The largest absolute Gasteiger partial charge is 0.511 e. The molecule has 4 aliphatic rings. The lowest BCUT2D eigenvalue weighted by Crippen LogP contribution is -2.64. The first-order chi connectivity index (χ1) is 13.0. The lowest BCUT2D eigenvalue weighted by Gasteiger charge is -2.61. The Morgan fingerprint density at radius 2 is 1.93 bits per heavy atom. The van der Waals surface area contributed by atoms with Crippen LogP contribution < -0.4 is 0 Å². The van der Waals surface area contributed by atoms with Crippen LogP contribution in [0.4, 0.5) is 4.39 Å². The number of allylic oxidation sites excluding steroid dienone is 3. The van der Waals surface area contributed by atoms with Crippen LogP contribution in [-0.2, 0) is 9.59 Å². The van der Waals surface area contributed by atoms with Gasteiger partial charge in [-0.3, -0.25) is 9.59 Å². The molecule has 154 valence electrons. The fraction of sp³-hybridized carbons (Fsp3) is 0.727. The van der Waals surface area contributed by atoms with E-state index in [0.29, 0.717) is 24.8 Å². The monoisotopic (exact) mass is 392 g/mol. The lowest BCUT2D eigenvalue weighted by atomic mass is 9.45. The molecule has 0 aromatic rings. The summed E-state index contributed by atoms with van der Waals surface area (Å²) in [5.74, 6) is -2.20. The first-order valence-corrected chi connectivity index (χ1v) is 10.2. The molecule has 0 aromatic heterocycles. The Kier molecular flexibility index (Phi) is 4.07. The standard InChI is InChI=1S/C22H29FO5/c1-12-8-16-15-5-4-13-9-14(25)10-17(26)20(13,3)21(15,23)7-6-19(16,2)22(12,28)18(27)11-24/h9-10,12,15-16,24,26,28H,4-8,11H2,1-3H3/t12?,15-,16-,19-,20+,21+,22-/m0/s1. The van der Waals surface area contributed by atoms with Crippen molar-refractivity contribution in [1.82, 2.24) is 0 Å². The van der Waals surface area contributed by atoms with Gasteiger partial charge in [-0.1, -0.05) is 13.8 Å². The zero-order valence-corrected chi connectivity index (χ0v) is 16.7. The molecule has 0 radical (unpaired) electrons. The molecule has 0 bridgehead atoms. The molecule has 4 rings (SSSR count). The van der Waals surface area contributed by atoms with Crippen LogP contribution in [0.1, 0.15) is 52.9 Å². The highest BCUT2D eigenvalue weighted by atomic mass is 19.1. The van der Waals surface area contributed by atoms with Gasteiger partial charge in [0.15, 0.2) is 11.6 Å². The highest BCUT2D eigenvalue weighted by Gasteiger charge is 2.73. The summed E-state index contributed by atoms with van der Waals surface area (Å²) in [6, 6.07) is 0. The van der Waals surface area contributed by atoms with E-state index in [-0.39, 0.29) is 36.2 Å². The predicted molar refractivity (Wildman–Crippen MR) is 100 cm³/mol. The Labute approximate surface area is 164 Å². The van der Waals surface area contributed by atoms with Crippen LogP contribution in [0.2, 0.25) is 0 Å². The number of alkyl halides is 1. The summed E-state index contributed by atoms with van der Waals surface area (Å²) in [5, 5.41) is 31.5. The Hall–Kier alpha value is -1.53. The second kappa shape index (κ2) is 5.76. The van der Waals surface area contributed by atoms with Gasteiger partial charge in [-0.25, -0.2) is 4.39 Å². The number of rotatable bonds is 2. The fourth-order valence-electron chi connectivity index (χ4n) is 7.27. The number of carbonyl (C=O) groups is 2. The third kappa shape index (κ3) is 1.98. The van der Waals surface area contributed by atoms with Gasteiger partial charge < -0.3 is 15.3 Å². The molecule has 0 amide bonds. The van der Waals surface area contributed by atoms with E-state index < -0.39 is 40.4 Å². The van der Waals surface area contributed by atoms with Crippen molar-refractivity contribution in [3.63, 3.8) is 0 Å². The van der Waals surface area contributed by atoms with E-state index in [4.69, 9.17) is 0 Å². The normalized spacial score (nSPS) is 50.2. The molecule has 0 heterocycles. The molecule has 4 aliphatic carbocycles. The summed E-state index contributed by atoms with van der Waals surface area (Å²) in [6.45, 7) is 4.59. The molecule has 3 N–H and O–H groups in total. The molecule has 5 nitrogen and oxygen atoms in total. The van der Waals surface area contributed by atoms with Gasteiger partial charge in [0.25, 0.3) is 0 Å². The highest BCUT2D eigenvalue weighted by molar-refractivity contribution is 6.01. The van der Waals surface area contributed by atoms with Gasteiger partial charge in [0, 0.05) is 11.5 Å². The molecule has 0 saturated heterocycles. The molecule has 0 spiro atoms. The van der Waals surface area contributed by atoms with Gasteiger partial charge in [-0.15, -0.1) is 0 Å². The minimum atomic E-state index is -1.75. The summed E-state index contributed by atoms with van der Waals surface area (Å²) in [5.41, 5.74) is -4.88. The van der Waals surface area contributed by atoms with E-state index in [2.05, 4.69) is 0 Å². The van der Waals surface area contributed by atoms with Crippen molar-refractivity contribution < 1.29 is 29.3 Å². The van der Waals surface area contributed by atoms with Crippen molar-refractivity contribution in [3.8, 4) is 0 Å². The lowest BCUT2D eigenvalue weighted by molar-refractivity contribution is -0.186. The van der Waals surface area contributed by atoms with Crippen LogP contribution >= 0.6 is 0 Å². The molecule has 3 saturated carbocycles. The zero-order chi connectivity index (χ0) is 20.7. The quantitative estimate of drug-likeness (QED) is 0.672. The average Bonchev–Trinajstić information content (AvgIpc) is 2.85. The third-order valence-corrected chi connectivity index (χ3v) is 8.97. The molecular weight excluding hydrogens is 363 g/mol. The number of ketones is 2. The Balaban J connectivity index is 1.81. The molecule has 6 heteroatoms. The Morgan fingerprint density at radius 1 is 1.25 bits per heavy atom. The number of hydrogen-bond donors (Lipinski definition) is 3. The Bertz CT molecular complexity index is 818. The summed E-state index contributed by atoms with van der Waals surface area (Å²) in [4.78, 5) is 24.4.